The van der Waals surface area contributed by atoms with Crippen molar-refractivity contribution in [1.82, 2.24) is 14.5 Å². The molecule has 0 fully saturated rings. The van der Waals surface area contributed by atoms with Crippen LogP contribution in [0.5, 0.6) is 5.88 Å². The topological polar surface area (TPSA) is 113 Å². The van der Waals surface area contributed by atoms with Crippen molar-refractivity contribution in [1.29, 1.82) is 0 Å². The van der Waals surface area contributed by atoms with Crippen LogP contribution < -0.4 is 5.56 Å². The lowest BCUT2D eigenvalue weighted by molar-refractivity contribution is -0.118. The van der Waals surface area contributed by atoms with Gasteiger partial charge in [0, 0.05) is 10.3 Å². The first-order valence-electron chi connectivity index (χ1n) is 9.77. The van der Waals surface area contributed by atoms with Gasteiger partial charge in [-0.2, -0.15) is 0 Å². The summed E-state index contributed by atoms with van der Waals surface area (Å²) in [6.07, 6.45) is 5.45. The molecule has 0 atom stereocenters. The van der Waals surface area contributed by atoms with E-state index in [2.05, 4.69) is 20.2 Å². The zero-order valence-corrected chi connectivity index (χ0v) is 17.1. The van der Waals surface area contributed by atoms with Crippen molar-refractivity contribution in [2.45, 2.75) is 39.2 Å². The van der Waals surface area contributed by atoms with Gasteiger partial charge in [0.2, 0.25) is 5.88 Å². The van der Waals surface area contributed by atoms with Crippen LogP contribution in [0, 0.1) is 6.92 Å². The van der Waals surface area contributed by atoms with Crippen LogP contribution in [0.15, 0.2) is 39.5 Å². The maximum absolute atomic E-state index is 13.0. The lowest BCUT2D eigenvalue weighted by Crippen LogP contribution is -2.24. The molecule has 9 heteroatoms. The van der Waals surface area contributed by atoms with E-state index in [0.717, 1.165) is 47.2 Å². The molecule has 152 valence electrons. The number of nitrogens with one attached hydrogen (secondary N) is 1. The Bertz CT molecular complexity index is 1400. The number of carbonyl (C=O) groups excluding carboxylic acids is 1. The average Bonchev–Trinajstić information content (AvgIpc) is 3.27. The first-order chi connectivity index (χ1) is 14.5. The number of thiophene rings is 1. The summed E-state index contributed by atoms with van der Waals surface area (Å²) in [6, 6.07) is 5.54. The van der Waals surface area contributed by atoms with Gasteiger partial charge in [-0.25, -0.2) is 4.98 Å². The van der Waals surface area contributed by atoms with Gasteiger partial charge in [-0.3, -0.25) is 14.2 Å². The predicted molar refractivity (Wildman–Crippen MR) is 115 cm³/mol. The Kier molecular flexibility index (Phi) is 4.47. The second-order valence-electron chi connectivity index (χ2n) is 7.48. The minimum absolute atomic E-state index is 0.152. The molecule has 0 unspecified atom stereocenters. The fourth-order valence-corrected chi connectivity index (χ4v) is 5.23. The van der Waals surface area contributed by atoms with E-state index in [0.29, 0.717) is 10.8 Å². The molecule has 0 saturated heterocycles. The van der Waals surface area contributed by atoms with E-state index < -0.39 is 5.91 Å². The Balaban J connectivity index is 1.44. The van der Waals surface area contributed by atoms with Gasteiger partial charge in [0.15, 0.2) is 5.69 Å². The summed E-state index contributed by atoms with van der Waals surface area (Å²) in [4.78, 5) is 34.6. The normalized spacial score (nSPS) is 14.0. The van der Waals surface area contributed by atoms with Gasteiger partial charge in [-0.1, -0.05) is 18.2 Å². The highest BCUT2D eigenvalue weighted by atomic mass is 32.1. The maximum Gasteiger partial charge on any atom is 0.284 e. The fraction of sp³-hybridized carbons (Fsp3) is 0.286. The SMILES string of the molecule is Cc1cccc2c(N=NC(=O)Cn3cnc4sc5c(c4c3=O)CCCC5)c(O)[nH]c12. The monoisotopic (exact) mass is 421 g/mol. The smallest absolute Gasteiger partial charge is 0.284 e. The molecule has 0 bridgehead atoms. The van der Waals surface area contributed by atoms with Crippen molar-refractivity contribution in [3.63, 3.8) is 0 Å². The summed E-state index contributed by atoms with van der Waals surface area (Å²) < 4.78 is 1.28. The number of aromatic amines is 1. The zero-order chi connectivity index (χ0) is 20.8. The fourth-order valence-electron chi connectivity index (χ4n) is 4.01. The standard InChI is InChI=1S/C21H19N5O3S/c1-11-5-4-7-13-17(11)23-19(28)18(13)25-24-15(27)9-26-10-22-20-16(21(26)29)12-6-2-3-8-14(12)30-20/h4-5,7,10,23,28H,2-3,6,8-9H2,1H3. The first-order valence-corrected chi connectivity index (χ1v) is 10.6. The molecule has 0 saturated carbocycles. The number of fused-ring (bicyclic) bond motifs is 4. The number of nitrogens with zero attached hydrogens (tertiary/aromatic N) is 4. The number of hydrogen-bond donors (Lipinski definition) is 2. The van der Waals surface area contributed by atoms with Crippen LogP contribution in [0.3, 0.4) is 0 Å². The van der Waals surface area contributed by atoms with Crippen LogP contribution in [-0.4, -0.2) is 25.5 Å². The van der Waals surface area contributed by atoms with Crippen LogP contribution in [0.25, 0.3) is 21.1 Å². The highest BCUT2D eigenvalue weighted by Gasteiger charge is 2.20. The van der Waals surface area contributed by atoms with Gasteiger partial charge in [-0.05, 0) is 43.7 Å². The maximum atomic E-state index is 13.0. The lowest BCUT2D eigenvalue weighted by Gasteiger charge is -2.10. The van der Waals surface area contributed by atoms with E-state index in [1.807, 2.05) is 19.1 Å². The molecule has 2 N–H and O–H groups in total. The van der Waals surface area contributed by atoms with Gasteiger partial charge in [-0.15, -0.1) is 21.6 Å². The summed E-state index contributed by atoms with van der Waals surface area (Å²) >= 11 is 1.57. The number of aryl methyl sites for hydroxylation is 3. The van der Waals surface area contributed by atoms with Crippen LogP contribution in [0.2, 0.25) is 0 Å². The second kappa shape index (κ2) is 7.17. The number of aromatic hydroxyl groups is 1. The number of rotatable bonds is 3. The second-order valence-corrected chi connectivity index (χ2v) is 8.57. The number of azo groups is 1. The van der Waals surface area contributed by atoms with E-state index in [1.165, 1.54) is 15.8 Å². The molecule has 1 aliphatic carbocycles. The van der Waals surface area contributed by atoms with Crippen LogP contribution >= 0.6 is 11.3 Å². The van der Waals surface area contributed by atoms with Crippen molar-refractivity contribution >= 4 is 44.1 Å². The number of hydrogen-bond acceptors (Lipinski definition) is 6. The quantitative estimate of drug-likeness (QED) is 0.484. The van der Waals surface area contributed by atoms with Crippen LogP contribution in [0.1, 0.15) is 28.8 Å². The number of H-pyrrole nitrogens is 1. The minimum atomic E-state index is -0.594. The number of carbonyl (C=O) groups is 1. The third-order valence-electron chi connectivity index (χ3n) is 5.50. The van der Waals surface area contributed by atoms with E-state index >= 15 is 0 Å². The van der Waals surface area contributed by atoms with Gasteiger partial charge >= 0.3 is 0 Å². The lowest BCUT2D eigenvalue weighted by atomic mass is 9.97. The number of amides is 1. The predicted octanol–water partition coefficient (Wildman–Crippen LogP) is 4.14. The Morgan fingerprint density at radius 1 is 1.33 bits per heavy atom. The van der Waals surface area contributed by atoms with Crippen molar-refractivity contribution in [3.8, 4) is 5.88 Å². The molecule has 0 radical (unpaired) electrons. The molecule has 0 spiro atoms. The Hall–Kier alpha value is -3.33. The molecule has 1 aliphatic rings. The molecule has 30 heavy (non-hydrogen) atoms. The van der Waals surface area contributed by atoms with Gasteiger partial charge in [0.1, 0.15) is 11.4 Å². The first kappa shape index (κ1) is 18.7. The molecule has 4 aromatic rings. The molecule has 3 aromatic heterocycles. The number of benzene rings is 1. The van der Waals surface area contributed by atoms with E-state index in [-0.39, 0.29) is 23.7 Å². The molecule has 3 heterocycles. The van der Waals surface area contributed by atoms with E-state index in [1.54, 1.807) is 17.4 Å². The van der Waals surface area contributed by atoms with Gasteiger partial charge < -0.3 is 10.1 Å². The van der Waals surface area contributed by atoms with E-state index in [9.17, 15) is 14.7 Å². The summed E-state index contributed by atoms with van der Waals surface area (Å²) in [6.45, 7) is 1.65. The number of aromatic nitrogens is 3. The highest BCUT2D eigenvalue weighted by molar-refractivity contribution is 7.18. The van der Waals surface area contributed by atoms with Gasteiger partial charge in [0.05, 0.1) is 17.2 Å². The molecule has 5 rings (SSSR count). The van der Waals surface area contributed by atoms with Gasteiger partial charge in [0.25, 0.3) is 11.5 Å². The average molecular weight is 421 g/mol. The van der Waals surface area contributed by atoms with Crippen LogP contribution in [-0.2, 0) is 24.2 Å². The largest absolute Gasteiger partial charge is 0.493 e. The molecule has 1 aromatic carbocycles. The van der Waals surface area contributed by atoms with Crippen molar-refractivity contribution in [2.75, 3.05) is 0 Å². The molecule has 8 nitrogen and oxygen atoms in total. The highest BCUT2D eigenvalue weighted by Crippen LogP contribution is 2.36. The molecule has 0 aliphatic heterocycles. The van der Waals surface area contributed by atoms with Crippen molar-refractivity contribution < 1.29 is 9.90 Å². The minimum Gasteiger partial charge on any atom is -0.493 e. The Morgan fingerprint density at radius 2 is 2.17 bits per heavy atom. The summed E-state index contributed by atoms with van der Waals surface area (Å²) in [5.74, 6) is -0.746. The summed E-state index contributed by atoms with van der Waals surface area (Å²) in [5, 5.41) is 19.1. The van der Waals surface area contributed by atoms with Crippen LogP contribution in [0.4, 0.5) is 5.69 Å². The zero-order valence-electron chi connectivity index (χ0n) is 16.3. The van der Waals surface area contributed by atoms with Crippen molar-refractivity contribution in [2.24, 2.45) is 10.2 Å². The third kappa shape index (κ3) is 3.02. The summed E-state index contributed by atoms with van der Waals surface area (Å²) in [5.41, 5.74) is 2.76. The van der Waals surface area contributed by atoms with E-state index in [4.69, 9.17) is 0 Å². The Labute approximate surface area is 174 Å². The third-order valence-corrected chi connectivity index (χ3v) is 6.70. The van der Waals surface area contributed by atoms with Crippen molar-refractivity contribution in [3.05, 3.63) is 50.9 Å². The summed E-state index contributed by atoms with van der Waals surface area (Å²) in [7, 11) is 0. The molecule has 1 amide bonds. The number of para-hydroxylation sites is 1. The Morgan fingerprint density at radius 3 is 3.03 bits per heavy atom. The molecular formula is C21H19N5O3S. The molecular weight excluding hydrogens is 402 g/mol.